The second-order valence-corrected chi connectivity index (χ2v) is 5.31. The number of fused-ring (bicyclic) bond motifs is 1. The molecule has 0 saturated carbocycles. The summed E-state index contributed by atoms with van der Waals surface area (Å²) in [6, 6.07) is 7.38. The summed E-state index contributed by atoms with van der Waals surface area (Å²) in [5.74, 6) is -0.609. The van der Waals surface area contributed by atoms with Crippen LogP contribution in [0.5, 0.6) is 0 Å². The number of carbonyl (C=O) groups is 1. The number of hydrogen-bond acceptors (Lipinski definition) is 2. The number of amides is 1. The minimum absolute atomic E-state index is 0.0988. The number of para-hydroxylation sites is 2. The fourth-order valence-electron chi connectivity index (χ4n) is 2.58. The Kier molecular flexibility index (Phi) is 3.63. The minimum Gasteiger partial charge on any atom is -0.324 e. The van der Waals surface area contributed by atoms with Gasteiger partial charge in [0.15, 0.2) is 0 Å². The van der Waals surface area contributed by atoms with Gasteiger partial charge in [-0.2, -0.15) is 8.78 Å². The van der Waals surface area contributed by atoms with Crippen LogP contribution in [0.25, 0.3) is 11.0 Å². The molecular formula is C14H12ClF2N3O. The lowest BCUT2D eigenvalue weighted by atomic mass is 10.1. The van der Waals surface area contributed by atoms with E-state index in [1.54, 1.807) is 4.57 Å². The summed E-state index contributed by atoms with van der Waals surface area (Å²) in [6.07, 6.45) is -0.812. The van der Waals surface area contributed by atoms with E-state index >= 15 is 0 Å². The largest absolute Gasteiger partial charge is 0.324 e. The van der Waals surface area contributed by atoms with Crippen LogP contribution >= 0.6 is 11.6 Å². The number of imidazole rings is 1. The molecule has 1 amide bonds. The van der Waals surface area contributed by atoms with E-state index in [9.17, 15) is 13.6 Å². The van der Waals surface area contributed by atoms with E-state index in [4.69, 9.17) is 11.6 Å². The number of rotatable bonds is 3. The van der Waals surface area contributed by atoms with Crippen molar-refractivity contribution in [3.63, 3.8) is 0 Å². The van der Waals surface area contributed by atoms with Gasteiger partial charge in [-0.15, -0.1) is 0 Å². The number of benzene rings is 1. The van der Waals surface area contributed by atoms with Crippen molar-refractivity contribution >= 4 is 28.5 Å². The zero-order valence-corrected chi connectivity index (χ0v) is 11.7. The van der Waals surface area contributed by atoms with Crippen LogP contribution in [-0.2, 0) is 11.5 Å². The van der Waals surface area contributed by atoms with Gasteiger partial charge in [-0.05, 0) is 29.8 Å². The molecule has 0 aliphatic carbocycles. The van der Waals surface area contributed by atoms with Crippen LogP contribution in [0.3, 0.4) is 0 Å². The van der Waals surface area contributed by atoms with Crippen molar-refractivity contribution in [1.82, 2.24) is 14.5 Å². The van der Waals surface area contributed by atoms with Crippen molar-refractivity contribution in [3.8, 4) is 0 Å². The number of halogens is 3. The molecule has 1 atom stereocenters. The van der Waals surface area contributed by atoms with Gasteiger partial charge in [0, 0.05) is 18.9 Å². The average Bonchev–Trinajstić information content (AvgIpc) is 2.91. The lowest BCUT2D eigenvalue weighted by Gasteiger charge is -2.17. The van der Waals surface area contributed by atoms with Gasteiger partial charge in [-0.3, -0.25) is 9.36 Å². The standard InChI is InChI=1S/C14H12ClF2N3O/c15-14-18-10-3-1-2-4-11(10)20(14)8-19-7-9(5-12(16)17)6-13(19)21/h1-5,9H,6-8H2. The Morgan fingerprint density at radius 1 is 1.43 bits per heavy atom. The molecule has 1 aromatic carbocycles. The van der Waals surface area contributed by atoms with Crippen molar-refractivity contribution in [2.24, 2.45) is 5.92 Å². The van der Waals surface area contributed by atoms with E-state index in [0.717, 1.165) is 17.1 Å². The third-order valence-electron chi connectivity index (χ3n) is 3.53. The summed E-state index contributed by atoms with van der Waals surface area (Å²) in [5.41, 5.74) is 1.55. The highest BCUT2D eigenvalue weighted by Crippen LogP contribution is 2.25. The molecule has 1 aliphatic rings. The Morgan fingerprint density at radius 2 is 2.19 bits per heavy atom. The number of carbonyl (C=O) groups excluding carboxylic acids is 1. The first kappa shape index (κ1) is 14.0. The van der Waals surface area contributed by atoms with Crippen LogP contribution in [0.4, 0.5) is 8.78 Å². The molecule has 2 heterocycles. The highest BCUT2D eigenvalue weighted by molar-refractivity contribution is 6.29. The maximum absolute atomic E-state index is 12.3. The van der Waals surface area contributed by atoms with Gasteiger partial charge in [0.25, 0.3) is 6.08 Å². The van der Waals surface area contributed by atoms with Crippen molar-refractivity contribution < 1.29 is 13.6 Å². The first-order chi connectivity index (χ1) is 10.0. The van der Waals surface area contributed by atoms with Crippen LogP contribution in [0, 0.1) is 5.92 Å². The predicted octanol–water partition coefficient (Wildman–Crippen LogP) is 3.28. The zero-order valence-electron chi connectivity index (χ0n) is 11.0. The first-order valence-corrected chi connectivity index (χ1v) is 6.84. The van der Waals surface area contributed by atoms with Gasteiger partial charge in [0.2, 0.25) is 11.2 Å². The number of aromatic nitrogens is 2. The first-order valence-electron chi connectivity index (χ1n) is 6.46. The van der Waals surface area contributed by atoms with E-state index in [-0.39, 0.29) is 30.8 Å². The summed E-state index contributed by atoms with van der Waals surface area (Å²) in [6.45, 7) is 0.482. The molecule has 0 radical (unpaired) electrons. The molecule has 110 valence electrons. The number of likely N-dealkylation sites (tertiary alicyclic amines) is 1. The molecule has 0 bridgehead atoms. The molecule has 7 heteroatoms. The topological polar surface area (TPSA) is 38.1 Å². The maximum atomic E-state index is 12.3. The molecule has 0 spiro atoms. The Labute approximate surface area is 124 Å². The quantitative estimate of drug-likeness (QED) is 0.872. The van der Waals surface area contributed by atoms with E-state index in [0.29, 0.717) is 0 Å². The van der Waals surface area contributed by atoms with E-state index in [1.165, 1.54) is 4.90 Å². The second kappa shape index (κ2) is 5.44. The predicted molar refractivity (Wildman–Crippen MR) is 74.9 cm³/mol. The van der Waals surface area contributed by atoms with Crippen molar-refractivity contribution in [1.29, 1.82) is 0 Å². The maximum Gasteiger partial charge on any atom is 0.266 e. The van der Waals surface area contributed by atoms with Crippen LogP contribution in [-0.4, -0.2) is 26.9 Å². The summed E-state index contributed by atoms with van der Waals surface area (Å²) in [4.78, 5) is 17.6. The van der Waals surface area contributed by atoms with Crippen molar-refractivity contribution in [3.05, 3.63) is 41.7 Å². The normalized spacial score (nSPS) is 18.5. The molecule has 1 fully saturated rings. The molecule has 3 rings (SSSR count). The molecular weight excluding hydrogens is 300 g/mol. The highest BCUT2D eigenvalue weighted by atomic mass is 35.5. The summed E-state index contributed by atoms with van der Waals surface area (Å²) in [5, 5.41) is 0.277. The SMILES string of the molecule is O=C1CC(C=C(F)F)CN1Cn1c(Cl)nc2ccccc21. The van der Waals surface area contributed by atoms with Gasteiger partial charge < -0.3 is 4.90 Å². The zero-order chi connectivity index (χ0) is 15.0. The monoisotopic (exact) mass is 311 g/mol. The molecule has 1 unspecified atom stereocenters. The van der Waals surface area contributed by atoms with Gasteiger partial charge in [0.05, 0.1) is 11.0 Å². The molecule has 1 saturated heterocycles. The smallest absolute Gasteiger partial charge is 0.266 e. The van der Waals surface area contributed by atoms with E-state index in [1.807, 2.05) is 24.3 Å². The lowest BCUT2D eigenvalue weighted by molar-refractivity contribution is -0.129. The molecule has 0 N–H and O–H groups in total. The number of nitrogens with zero attached hydrogens (tertiary/aromatic N) is 3. The molecule has 1 aromatic heterocycles. The van der Waals surface area contributed by atoms with Gasteiger partial charge in [-0.1, -0.05) is 12.1 Å². The minimum atomic E-state index is -1.75. The van der Waals surface area contributed by atoms with E-state index in [2.05, 4.69) is 4.98 Å². The number of hydrogen-bond donors (Lipinski definition) is 0. The van der Waals surface area contributed by atoms with Crippen LogP contribution in [0.1, 0.15) is 6.42 Å². The van der Waals surface area contributed by atoms with Crippen molar-refractivity contribution in [2.45, 2.75) is 13.1 Å². The third-order valence-corrected chi connectivity index (χ3v) is 3.81. The Bertz CT molecular complexity index is 724. The third kappa shape index (κ3) is 2.76. The van der Waals surface area contributed by atoms with E-state index < -0.39 is 12.0 Å². The Hall–Kier alpha value is -1.95. The fraction of sp³-hybridized carbons (Fsp3) is 0.286. The highest BCUT2D eigenvalue weighted by Gasteiger charge is 2.29. The Morgan fingerprint density at radius 3 is 2.95 bits per heavy atom. The lowest BCUT2D eigenvalue weighted by Crippen LogP contribution is -2.27. The summed E-state index contributed by atoms with van der Waals surface area (Å²) < 4.78 is 26.3. The van der Waals surface area contributed by atoms with Crippen LogP contribution in [0.2, 0.25) is 5.28 Å². The van der Waals surface area contributed by atoms with Gasteiger partial charge in [-0.25, -0.2) is 4.98 Å². The Balaban J connectivity index is 1.84. The fourth-order valence-corrected chi connectivity index (χ4v) is 2.82. The second-order valence-electron chi connectivity index (χ2n) is 4.98. The van der Waals surface area contributed by atoms with Crippen LogP contribution in [0.15, 0.2) is 36.4 Å². The summed E-state index contributed by atoms with van der Waals surface area (Å²) >= 11 is 6.10. The molecule has 2 aromatic rings. The molecule has 1 aliphatic heterocycles. The molecule has 21 heavy (non-hydrogen) atoms. The average molecular weight is 312 g/mol. The van der Waals surface area contributed by atoms with Crippen LogP contribution < -0.4 is 0 Å². The van der Waals surface area contributed by atoms with Gasteiger partial charge in [0.1, 0.15) is 6.67 Å². The summed E-state index contributed by atoms with van der Waals surface area (Å²) in [7, 11) is 0. The van der Waals surface area contributed by atoms with Gasteiger partial charge >= 0.3 is 0 Å². The molecule has 4 nitrogen and oxygen atoms in total. The van der Waals surface area contributed by atoms with Crippen molar-refractivity contribution in [2.75, 3.05) is 6.54 Å².